The van der Waals surface area contributed by atoms with Crippen LogP contribution < -0.4 is 4.80 Å². The average Bonchev–Trinajstić information content (AvgIpc) is 3.14. The van der Waals surface area contributed by atoms with Crippen molar-refractivity contribution in [2.45, 2.75) is 26.4 Å². The topological polar surface area (TPSA) is 52.2 Å². The Labute approximate surface area is 142 Å². The molecule has 0 spiro atoms. The highest BCUT2D eigenvalue weighted by atomic mass is 32.1. The van der Waals surface area contributed by atoms with Crippen molar-refractivity contribution in [3.8, 4) is 0 Å². The van der Waals surface area contributed by atoms with Gasteiger partial charge in [0.25, 0.3) is 5.91 Å². The molecule has 0 aliphatic heterocycles. The second kappa shape index (κ2) is 6.52. The molecule has 0 bridgehead atoms. The van der Waals surface area contributed by atoms with Gasteiger partial charge in [-0.1, -0.05) is 23.5 Å². The lowest BCUT2D eigenvalue weighted by atomic mass is 10.3. The summed E-state index contributed by atoms with van der Waals surface area (Å²) in [5.41, 5.74) is 0.702. The van der Waals surface area contributed by atoms with Crippen LogP contribution in [-0.2, 0) is 6.54 Å². The van der Waals surface area contributed by atoms with Gasteiger partial charge in [0.15, 0.2) is 10.5 Å². The third-order valence-corrected chi connectivity index (χ3v) is 4.56. The molecule has 2 heterocycles. The number of halogens is 1. The van der Waals surface area contributed by atoms with Gasteiger partial charge < -0.3 is 4.57 Å². The van der Waals surface area contributed by atoms with Crippen molar-refractivity contribution in [1.82, 2.24) is 14.3 Å². The number of carbonyl (C=O) groups excluding carboxylic acids is 1. The Balaban J connectivity index is 2.11. The van der Waals surface area contributed by atoms with Gasteiger partial charge >= 0.3 is 0 Å². The van der Waals surface area contributed by atoms with E-state index in [1.807, 2.05) is 13.8 Å². The largest absolute Gasteiger partial charge is 0.310 e. The highest BCUT2D eigenvalue weighted by Crippen LogP contribution is 2.20. The van der Waals surface area contributed by atoms with E-state index in [1.165, 1.54) is 17.4 Å². The van der Waals surface area contributed by atoms with Gasteiger partial charge in [-0.25, -0.2) is 4.39 Å². The molecule has 0 saturated carbocycles. The first-order valence-corrected chi connectivity index (χ1v) is 8.36. The number of hydrogen-bond donors (Lipinski definition) is 0. The molecule has 0 unspecified atom stereocenters. The molecule has 24 heavy (non-hydrogen) atoms. The third kappa shape index (κ3) is 2.94. The molecule has 0 aliphatic rings. The van der Waals surface area contributed by atoms with Crippen LogP contribution in [0.25, 0.3) is 10.2 Å². The number of thiazole rings is 1. The molecule has 0 N–H and O–H groups in total. The van der Waals surface area contributed by atoms with E-state index in [9.17, 15) is 9.18 Å². The molecule has 2 aromatic heterocycles. The highest BCUT2D eigenvalue weighted by Gasteiger charge is 2.13. The summed E-state index contributed by atoms with van der Waals surface area (Å²) in [5.74, 6) is -0.789. The van der Waals surface area contributed by atoms with Crippen molar-refractivity contribution in [2.75, 3.05) is 0 Å². The smallest absolute Gasteiger partial charge is 0.300 e. The van der Waals surface area contributed by atoms with Crippen LogP contribution in [-0.4, -0.2) is 20.3 Å². The van der Waals surface area contributed by atoms with Crippen molar-refractivity contribution in [3.63, 3.8) is 0 Å². The Morgan fingerprint density at radius 3 is 2.92 bits per heavy atom. The first-order chi connectivity index (χ1) is 11.5. The molecule has 3 aromatic rings. The molecular formula is C17H17FN4OS. The normalized spacial score (nSPS) is 12.2. The molecule has 0 fully saturated rings. The number of para-hydroxylation sites is 1. The number of allylic oxidation sites excluding steroid dienone is 1. The summed E-state index contributed by atoms with van der Waals surface area (Å²) >= 11 is 1.27. The van der Waals surface area contributed by atoms with E-state index >= 15 is 0 Å². The van der Waals surface area contributed by atoms with Crippen molar-refractivity contribution >= 4 is 27.5 Å². The number of carbonyl (C=O) groups is 1. The van der Waals surface area contributed by atoms with E-state index in [0.717, 1.165) is 4.70 Å². The van der Waals surface area contributed by atoms with Crippen molar-refractivity contribution in [2.24, 2.45) is 4.99 Å². The maximum absolute atomic E-state index is 14.1. The van der Waals surface area contributed by atoms with Gasteiger partial charge in [-0.15, -0.1) is 6.58 Å². The summed E-state index contributed by atoms with van der Waals surface area (Å²) in [6, 6.07) is 6.64. The lowest BCUT2D eigenvalue weighted by molar-refractivity contribution is 0.0992. The minimum absolute atomic E-state index is 0.163. The molecule has 3 rings (SSSR count). The second-order valence-corrected chi connectivity index (χ2v) is 6.57. The Morgan fingerprint density at radius 1 is 1.46 bits per heavy atom. The Hall–Kier alpha value is -2.54. The number of hydrogen-bond acceptors (Lipinski definition) is 3. The summed E-state index contributed by atoms with van der Waals surface area (Å²) in [7, 11) is 0. The fraction of sp³-hybridized carbons (Fsp3) is 0.235. The molecule has 0 radical (unpaired) electrons. The van der Waals surface area contributed by atoms with E-state index in [0.29, 0.717) is 16.9 Å². The van der Waals surface area contributed by atoms with E-state index in [1.54, 1.807) is 39.7 Å². The molecule has 0 saturated heterocycles. The SMILES string of the molecule is C=CCn1c(=NC(=O)c2ccn(C(C)C)n2)sc2cccc(F)c21. The van der Waals surface area contributed by atoms with Crippen LogP contribution in [0.15, 0.2) is 48.1 Å². The number of benzene rings is 1. The van der Waals surface area contributed by atoms with Crippen LogP contribution in [0.5, 0.6) is 0 Å². The fourth-order valence-electron chi connectivity index (χ4n) is 2.35. The number of nitrogens with zero attached hydrogens (tertiary/aromatic N) is 4. The van der Waals surface area contributed by atoms with Crippen LogP contribution in [0.3, 0.4) is 0 Å². The molecule has 1 amide bonds. The van der Waals surface area contributed by atoms with E-state index in [-0.39, 0.29) is 17.6 Å². The second-order valence-electron chi connectivity index (χ2n) is 5.56. The average molecular weight is 344 g/mol. The summed E-state index contributed by atoms with van der Waals surface area (Å²) in [6.45, 7) is 8.02. The van der Waals surface area contributed by atoms with Gasteiger partial charge in [0.05, 0.1) is 10.2 Å². The fourth-order valence-corrected chi connectivity index (χ4v) is 3.41. The van der Waals surface area contributed by atoms with Gasteiger partial charge in [0.1, 0.15) is 5.82 Å². The van der Waals surface area contributed by atoms with Crippen molar-refractivity contribution in [3.05, 3.63) is 59.4 Å². The lowest BCUT2D eigenvalue weighted by Crippen LogP contribution is -2.17. The Kier molecular flexibility index (Phi) is 4.44. The number of fused-ring (bicyclic) bond motifs is 1. The standard InChI is InChI=1S/C17H17FN4OS/c1-4-9-21-15-12(18)6-5-7-14(15)24-17(21)19-16(23)13-8-10-22(20-13)11(2)3/h4-8,10-11H,1,9H2,2-3H3. The zero-order valence-electron chi connectivity index (χ0n) is 13.4. The molecule has 124 valence electrons. The minimum atomic E-state index is -0.445. The molecular weight excluding hydrogens is 327 g/mol. The summed E-state index contributed by atoms with van der Waals surface area (Å²) in [5, 5.41) is 4.23. The van der Waals surface area contributed by atoms with Crippen molar-refractivity contribution in [1.29, 1.82) is 0 Å². The number of amides is 1. The Bertz CT molecular complexity index is 980. The minimum Gasteiger partial charge on any atom is -0.310 e. The molecule has 1 aromatic carbocycles. The summed E-state index contributed by atoms with van der Waals surface area (Å²) in [4.78, 5) is 17.0. The van der Waals surface area contributed by atoms with Crippen LogP contribution in [0, 0.1) is 5.82 Å². The number of aromatic nitrogens is 3. The monoisotopic (exact) mass is 344 g/mol. The quantitative estimate of drug-likeness (QED) is 0.680. The van der Waals surface area contributed by atoms with Gasteiger partial charge in [0, 0.05) is 18.8 Å². The van der Waals surface area contributed by atoms with Crippen LogP contribution in [0.2, 0.25) is 0 Å². The number of rotatable bonds is 4. The van der Waals surface area contributed by atoms with E-state index in [4.69, 9.17) is 0 Å². The predicted octanol–water partition coefficient (Wildman–Crippen LogP) is 3.55. The van der Waals surface area contributed by atoms with Crippen LogP contribution in [0.1, 0.15) is 30.4 Å². The predicted molar refractivity (Wildman–Crippen MR) is 92.5 cm³/mol. The Morgan fingerprint density at radius 2 is 2.25 bits per heavy atom. The van der Waals surface area contributed by atoms with Crippen molar-refractivity contribution < 1.29 is 9.18 Å². The first kappa shape index (κ1) is 16.3. The van der Waals surface area contributed by atoms with E-state index < -0.39 is 5.91 Å². The summed E-state index contributed by atoms with van der Waals surface area (Å²) < 4.78 is 18.2. The third-order valence-electron chi connectivity index (χ3n) is 3.52. The zero-order chi connectivity index (χ0) is 17.3. The molecule has 0 atom stereocenters. The van der Waals surface area contributed by atoms with Gasteiger partial charge in [-0.2, -0.15) is 10.1 Å². The maximum atomic E-state index is 14.1. The van der Waals surface area contributed by atoms with Gasteiger partial charge in [-0.3, -0.25) is 9.48 Å². The summed E-state index contributed by atoms with van der Waals surface area (Å²) in [6.07, 6.45) is 3.39. The maximum Gasteiger partial charge on any atom is 0.300 e. The molecule has 7 heteroatoms. The highest BCUT2D eigenvalue weighted by molar-refractivity contribution is 7.16. The zero-order valence-corrected chi connectivity index (χ0v) is 14.3. The molecule has 5 nitrogen and oxygen atoms in total. The first-order valence-electron chi connectivity index (χ1n) is 7.54. The van der Waals surface area contributed by atoms with Crippen LogP contribution >= 0.6 is 11.3 Å². The van der Waals surface area contributed by atoms with Crippen LogP contribution in [0.4, 0.5) is 4.39 Å². The lowest BCUT2D eigenvalue weighted by Gasteiger charge is -2.03. The van der Waals surface area contributed by atoms with E-state index in [2.05, 4.69) is 16.7 Å². The van der Waals surface area contributed by atoms with Gasteiger partial charge in [0.2, 0.25) is 0 Å². The molecule has 0 aliphatic carbocycles. The van der Waals surface area contributed by atoms with Gasteiger partial charge in [-0.05, 0) is 32.0 Å².